The molecule has 3 aliphatic rings. The van der Waals surface area contributed by atoms with Crippen LogP contribution in [0, 0.1) is 5.82 Å². The van der Waals surface area contributed by atoms with Crippen molar-refractivity contribution in [1.29, 1.82) is 0 Å². The minimum Gasteiger partial charge on any atom is -0.460 e. The molecule has 32 heavy (non-hydrogen) atoms. The number of halogens is 1. The molecule has 3 fully saturated rings. The van der Waals surface area contributed by atoms with Crippen molar-refractivity contribution < 1.29 is 37.7 Å². The monoisotopic (exact) mass is 451 g/mol. The first-order valence-corrected chi connectivity index (χ1v) is 10.6. The average molecular weight is 451 g/mol. The lowest BCUT2D eigenvalue weighted by Gasteiger charge is -2.38. The molecule has 11 heteroatoms. The summed E-state index contributed by atoms with van der Waals surface area (Å²) in [4.78, 5) is 37.9. The van der Waals surface area contributed by atoms with Gasteiger partial charge in [0.1, 0.15) is 19.0 Å². The van der Waals surface area contributed by atoms with E-state index in [1.165, 1.54) is 17.9 Å². The van der Waals surface area contributed by atoms with Crippen molar-refractivity contribution in [2.75, 3.05) is 55.8 Å². The van der Waals surface area contributed by atoms with Crippen LogP contribution in [0.2, 0.25) is 0 Å². The summed E-state index contributed by atoms with van der Waals surface area (Å²) >= 11 is 0. The zero-order chi connectivity index (χ0) is 22.7. The molecule has 1 atom stereocenters. The summed E-state index contributed by atoms with van der Waals surface area (Å²) < 4.78 is 36.5. The fraction of sp³-hybridized carbons (Fsp3) is 0.571. The van der Waals surface area contributed by atoms with Gasteiger partial charge in [-0.15, -0.1) is 0 Å². The van der Waals surface area contributed by atoms with E-state index in [1.807, 2.05) is 4.90 Å². The zero-order valence-corrected chi connectivity index (χ0v) is 17.8. The molecule has 1 spiro atoms. The summed E-state index contributed by atoms with van der Waals surface area (Å²) in [5.41, 5.74) is 0.817. The third kappa shape index (κ3) is 4.94. The second kappa shape index (κ2) is 9.29. The molecule has 1 aromatic rings. The maximum Gasteiger partial charge on any atom is 0.414 e. The van der Waals surface area contributed by atoms with Gasteiger partial charge in [0.25, 0.3) is 0 Å². The minimum atomic E-state index is -0.684. The van der Waals surface area contributed by atoms with Crippen molar-refractivity contribution in [3.8, 4) is 0 Å². The summed E-state index contributed by atoms with van der Waals surface area (Å²) in [6.07, 6.45) is -0.00374. The summed E-state index contributed by atoms with van der Waals surface area (Å²) in [6, 6.07) is 4.61. The molecule has 4 rings (SSSR count). The van der Waals surface area contributed by atoms with E-state index in [0.29, 0.717) is 50.5 Å². The molecule has 3 aliphatic heterocycles. The zero-order valence-electron chi connectivity index (χ0n) is 17.8. The number of nitrogens with one attached hydrogen (secondary N) is 1. The number of carbonyl (C=O) groups excluding carboxylic acids is 3. The summed E-state index contributed by atoms with van der Waals surface area (Å²) in [5.74, 6) is -1.96. The molecule has 0 unspecified atom stereocenters. The summed E-state index contributed by atoms with van der Waals surface area (Å²) in [6.45, 7) is 3.38. The highest BCUT2D eigenvalue weighted by atomic mass is 19.1. The van der Waals surface area contributed by atoms with Crippen LogP contribution in [0.3, 0.4) is 0 Å². The Bertz CT molecular complexity index is 880. The number of nitrogens with zero attached hydrogens (tertiary/aromatic N) is 2. The maximum absolute atomic E-state index is 14.9. The van der Waals surface area contributed by atoms with Crippen molar-refractivity contribution in [2.45, 2.75) is 31.7 Å². The van der Waals surface area contributed by atoms with Gasteiger partial charge in [-0.1, -0.05) is 0 Å². The molecule has 1 aromatic carbocycles. The lowest BCUT2D eigenvalue weighted by atomic mass is 10.0. The lowest BCUT2D eigenvalue weighted by molar-refractivity contribution is -0.169. The first-order chi connectivity index (χ1) is 15.3. The normalized spacial score (nSPS) is 22.2. The molecule has 0 saturated carbocycles. The van der Waals surface area contributed by atoms with E-state index >= 15 is 0 Å². The fourth-order valence-electron chi connectivity index (χ4n) is 4.05. The van der Waals surface area contributed by atoms with E-state index < -0.39 is 29.8 Å². The Hall–Kier alpha value is -2.92. The van der Waals surface area contributed by atoms with Crippen LogP contribution < -0.4 is 15.1 Å². The van der Waals surface area contributed by atoms with E-state index in [-0.39, 0.29) is 25.6 Å². The third-order valence-corrected chi connectivity index (χ3v) is 5.71. The summed E-state index contributed by atoms with van der Waals surface area (Å²) in [5, 5.41) is 2.33. The SMILES string of the molecule is CC(=O)NCC(=O)OC[C@H]1CN(c2ccc(N3CCC4(CC3)OCCO4)c(F)c2)C(=O)O1. The number of rotatable bonds is 6. The van der Waals surface area contributed by atoms with Gasteiger partial charge in [0.15, 0.2) is 11.9 Å². The molecular formula is C21H26FN3O7. The number of benzene rings is 1. The van der Waals surface area contributed by atoms with Gasteiger partial charge in [-0.2, -0.15) is 0 Å². The van der Waals surface area contributed by atoms with Crippen molar-refractivity contribution in [1.82, 2.24) is 5.32 Å². The van der Waals surface area contributed by atoms with E-state index in [1.54, 1.807) is 12.1 Å². The molecule has 10 nitrogen and oxygen atoms in total. The predicted octanol–water partition coefficient (Wildman–Crippen LogP) is 1.17. The van der Waals surface area contributed by atoms with Gasteiger partial charge >= 0.3 is 12.1 Å². The second-order valence-electron chi connectivity index (χ2n) is 7.94. The van der Waals surface area contributed by atoms with Crippen LogP contribution in [-0.2, 0) is 28.5 Å². The molecule has 2 amide bonds. The first-order valence-electron chi connectivity index (χ1n) is 10.6. The van der Waals surface area contributed by atoms with Crippen molar-refractivity contribution in [3.63, 3.8) is 0 Å². The highest BCUT2D eigenvalue weighted by Gasteiger charge is 2.40. The number of hydrogen-bond donors (Lipinski definition) is 1. The Labute approximate surface area is 184 Å². The minimum absolute atomic E-state index is 0.117. The van der Waals surface area contributed by atoms with Gasteiger partial charge in [-0.05, 0) is 18.2 Å². The quantitative estimate of drug-likeness (QED) is 0.643. The van der Waals surface area contributed by atoms with E-state index in [9.17, 15) is 18.8 Å². The van der Waals surface area contributed by atoms with Gasteiger partial charge < -0.3 is 29.2 Å². The standard InChI is InChI=1S/C21H26FN3O7/c1-14(26)23-11-19(27)29-13-16-12-25(20(28)32-16)15-2-3-18(17(22)10-15)24-6-4-21(5-7-24)30-8-9-31-21/h2-3,10,16H,4-9,11-13H2,1H3,(H,23,26)/t16-/m1/s1. The number of ether oxygens (including phenoxy) is 4. The Morgan fingerprint density at radius 3 is 2.62 bits per heavy atom. The fourth-order valence-corrected chi connectivity index (χ4v) is 4.05. The number of esters is 1. The maximum atomic E-state index is 14.9. The van der Waals surface area contributed by atoms with Gasteiger partial charge in [0, 0.05) is 32.9 Å². The lowest BCUT2D eigenvalue weighted by Crippen LogP contribution is -2.45. The van der Waals surface area contributed by atoms with Gasteiger partial charge in [-0.25, -0.2) is 9.18 Å². The predicted molar refractivity (Wildman–Crippen MR) is 110 cm³/mol. The Kier molecular flexibility index (Phi) is 6.47. The Morgan fingerprint density at radius 1 is 1.25 bits per heavy atom. The summed E-state index contributed by atoms with van der Waals surface area (Å²) in [7, 11) is 0. The number of amides is 2. The van der Waals surface area contributed by atoms with Crippen LogP contribution in [0.25, 0.3) is 0 Å². The molecule has 0 radical (unpaired) electrons. The number of cyclic esters (lactones) is 1. The molecule has 0 bridgehead atoms. The Balaban J connectivity index is 1.32. The van der Waals surface area contributed by atoms with Crippen molar-refractivity contribution >= 4 is 29.3 Å². The molecule has 0 aromatic heterocycles. The van der Waals surface area contributed by atoms with E-state index in [2.05, 4.69) is 5.32 Å². The number of piperidine rings is 1. The van der Waals surface area contributed by atoms with E-state index in [0.717, 1.165) is 0 Å². The molecule has 174 valence electrons. The van der Waals surface area contributed by atoms with Gasteiger partial charge in [0.2, 0.25) is 5.91 Å². The van der Waals surface area contributed by atoms with Crippen molar-refractivity contribution in [3.05, 3.63) is 24.0 Å². The van der Waals surface area contributed by atoms with Crippen LogP contribution in [0.4, 0.5) is 20.6 Å². The molecule has 3 saturated heterocycles. The highest BCUT2D eigenvalue weighted by molar-refractivity contribution is 5.90. The molecule has 3 heterocycles. The third-order valence-electron chi connectivity index (χ3n) is 5.71. The van der Waals surface area contributed by atoms with Crippen LogP contribution in [0.15, 0.2) is 18.2 Å². The second-order valence-corrected chi connectivity index (χ2v) is 7.94. The van der Waals surface area contributed by atoms with Crippen LogP contribution in [0.1, 0.15) is 19.8 Å². The van der Waals surface area contributed by atoms with E-state index in [4.69, 9.17) is 18.9 Å². The van der Waals surface area contributed by atoms with Crippen molar-refractivity contribution in [2.24, 2.45) is 0 Å². The molecule has 0 aliphatic carbocycles. The topological polar surface area (TPSA) is 107 Å². The molecular weight excluding hydrogens is 425 g/mol. The van der Waals surface area contributed by atoms with Crippen LogP contribution >= 0.6 is 0 Å². The number of anilines is 2. The van der Waals surface area contributed by atoms with Gasteiger partial charge in [-0.3, -0.25) is 14.5 Å². The Morgan fingerprint density at radius 2 is 1.97 bits per heavy atom. The van der Waals surface area contributed by atoms with Crippen LogP contribution in [-0.4, -0.2) is 75.9 Å². The smallest absolute Gasteiger partial charge is 0.414 e. The first kappa shape index (κ1) is 22.3. The number of carbonyl (C=O) groups is 3. The average Bonchev–Trinajstić information content (AvgIpc) is 3.38. The number of hydrogen-bond acceptors (Lipinski definition) is 8. The largest absolute Gasteiger partial charge is 0.460 e. The van der Waals surface area contributed by atoms with Gasteiger partial charge in [0.05, 0.1) is 31.1 Å². The van der Waals surface area contributed by atoms with Crippen LogP contribution in [0.5, 0.6) is 0 Å². The molecule has 1 N–H and O–H groups in total. The highest BCUT2D eigenvalue weighted by Crippen LogP contribution is 2.35.